The predicted octanol–water partition coefficient (Wildman–Crippen LogP) is 3.77. The molecule has 2 unspecified atom stereocenters. The fraction of sp³-hybridized carbons (Fsp3) is 0.600. The molecule has 1 aromatic carbocycles. The van der Waals surface area contributed by atoms with Crippen molar-refractivity contribution >= 4 is 15.9 Å². The maximum Gasteiger partial charge on any atom is 0.137 e. The van der Waals surface area contributed by atoms with Crippen LogP contribution in [0.1, 0.15) is 24.8 Å². The predicted molar refractivity (Wildman–Crippen MR) is 75.0 cm³/mol. The zero-order valence-corrected chi connectivity index (χ0v) is 12.3. The molecule has 0 heterocycles. The summed E-state index contributed by atoms with van der Waals surface area (Å²) in [5.74, 6) is 1.78. The molecule has 98 valence electrons. The number of nitrogens with one attached hydrogen (secondary N) is 1. The van der Waals surface area contributed by atoms with E-state index in [2.05, 4.69) is 21.2 Å². The minimum absolute atomic E-state index is 0.171. The van der Waals surface area contributed by atoms with Gasteiger partial charge in [0.05, 0.1) is 4.47 Å². The number of halogens is 2. The maximum atomic E-state index is 13.3. The van der Waals surface area contributed by atoms with Gasteiger partial charge >= 0.3 is 0 Å². The molecular formula is C15H19BrFN. The average molecular weight is 312 g/mol. The first-order valence-corrected chi connectivity index (χ1v) is 7.50. The molecule has 2 aliphatic carbocycles. The minimum Gasteiger partial charge on any atom is -0.319 e. The summed E-state index contributed by atoms with van der Waals surface area (Å²) in [6.07, 6.45) is 5.19. The molecule has 1 N–H and O–H groups in total. The molecule has 1 nitrogen and oxygen atoms in total. The quantitative estimate of drug-likeness (QED) is 0.892. The van der Waals surface area contributed by atoms with Gasteiger partial charge in [-0.05, 0) is 83.6 Å². The second kappa shape index (κ2) is 4.61. The summed E-state index contributed by atoms with van der Waals surface area (Å²) in [4.78, 5) is 0. The highest BCUT2D eigenvalue weighted by molar-refractivity contribution is 9.10. The van der Waals surface area contributed by atoms with Crippen LogP contribution in [0.3, 0.4) is 0 Å². The normalized spacial score (nSPS) is 33.5. The van der Waals surface area contributed by atoms with Crippen LogP contribution in [0.5, 0.6) is 0 Å². The highest BCUT2D eigenvalue weighted by Gasteiger charge is 2.53. The zero-order chi connectivity index (χ0) is 12.8. The van der Waals surface area contributed by atoms with E-state index < -0.39 is 0 Å². The Balaban J connectivity index is 1.78. The Morgan fingerprint density at radius 3 is 2.72 bits per heavy atom. The van der Waals surface area contributed by atoms with Crippen LogP contribution in [0.25, 0.3) is 0 Å². The molecule has 1 aromatic rings. The van der Waals surface area contributed by atoms with Gasteiger partial charge in [0.1, 0.15) is 5.82 Å². The fourth-order valence-electron chi connectivity index (χ4n) is 3.81. The molecule has 2 aliphatic rings. The number of hydrogen-bond donors (Lipinski definition) is 1. The molecule has 0 radical (unpaired) electrons. The zero-order valence-electron chi connectivity index (χ0n) is 10.7. The van der Waals surface area contributed by atoms with Gasteiger partial charge in [-0.25, -0.2) is 4.39 Å². The van der Waals surface area contributed by atoms with Crippen LogP contribution < -0.4 is 5.32 Å². The van der Waals surface area contributed by atoms with E-state index >= 15 is 0 Å². The van der Waals surface area contributed by atoms with Crippen LogP contribution >= 0.6 is 15.9 Å². The summed E-state index contributed by atoms with van der Waals surface area (Å²) >= 11 is 3.28. The average Bonchev–Trinajstić information content (AvgIpc) is 2.93. The molecule has 2 atom stereocenters. The standard InChI is InChI=1S/C15H19BrFN/c1-18-9-15(7-11-5-12(11)8-15)6-10-2-3-14(17)13(16)4-10/h2-4,11-12,18H,5-9H2,1H3. The van der Waals surface area contributed by atoms with Gasteiger partial charge in [0.25, 0.3) is 0 Å². The van der Waals surface area contributed by atoms with Gasteiger partial charge in [0.2, 0.25) is 0 Å². The van der Waals surface area contributed by atoms with E-state index in [1.807, 2.05) is 19.2 Å². The second-order valence-electron chi connectivity index (χ2n) is 6.12. The summed E-state index contributed by atoms with van der Waals surface area (Å²) in [6, 6.07) is 5.44. The van der Waals surface area contributed by atoms with Crippen molar-refractivity contribution in [3.8, 4) is 0 Å². The van der Waals surface area contributed by atoms with Gasteiger partial charge in [0.15, 0.2) is 0 Å². The molecule has 0 amide bonds. The molecule has 3 rings (SSSR count). The fourth-order valence-corrected chi connectivity index (χ4v) is 4.24. The van der Waals surface area contributed by atoms with Crippen molar-refractivity contribution < 1.29 is 4.39 Å². The lowest BCUT2D eigenvalue weighted by atomic mass is 9.77. The van der Waals surface area contributed by atoms with Gasteiger partial charge in [0, 0.05) is 6.54 Å². The van der Waals surface area contributed by atoms with E-state index in [1.165, 1.54) is 24.8 Å². The SMILES string of the molecule is CNCC1(Cc2ccc(F)c(Br)c2)CC2CC2C1. The van der Waals surface area contributed by atoms with Crippen molar-refractivity contribution in [1.82, 2.24) is 5.32 Å². The van der Waals surface area contributed by atoms with Crippen LogP contribution in [0.2, 0.25) is 0 Å². The molecule has 0 spiro atoms. The first-order valence-electron chi connectivity index (χ1n) is 6.70. The number of rotatable bonds is 4. The monoisotopic (exact) mass is 311 g/mol. The van der Waals surface area contributed by atoms with Gasteiger partial charge in [-0.1, -0.05) is 6.07 Å². The highest BCUT2D eigenvalue weighted by Crippen LogP contribution is 2.60. The topological polar surface area (TPSA) is 12.0 Å². The van der Waals surface area contributed by atoms with Crippen molar-refractivity contribution in [2.24, 2.45) is 17.3 Å². The summed E-state index contributed by atoms with van der Waals surface area (Å²) in [5, 5.41) is 3.35. The van der Waals surface area contributed by atoms with E-state index in [0.717, 1.165) is 24.8 Å². The Morgan fingerprint density at radius 2 is 2.11 bits per heavy atom. The van der Waals surface area contributed by atoms with Crippen LogP contribution in [-0.2, 0) is 6.42 Å². The van der Waals surface area contributed by atoms with E-state index in [-0.39, 0.29) is 5.82 Å². The Labute approximate surface area is 116 Å². The third kappa shape index (κ3) is 2.35. The Bertz CT molecular complexity index is 450. The third-order valence-electron chi connectivity index (χ3n) is 4.57. The van der Waals surface area contributed by atoms with Gasteiger partial charge in [-0.2, -0.15) is 0 Å². The van der Waals surface area contributed by atoms with Crippen molar-refractivity contribution in [2.45, 2.75) is 25.7 Å². The largest absolute Gasteiger partial charge is 0.319 e. The molecule has 0 saturated heterocycles. The Morgan fingerprint density at radius 1 is 1.39 bits per heavy atom. The van der Waals surface area contributed by atoms with Crippen LogP contribution in [0.4, 0.5) is 4.39 Å². The second-order valence-corrected chi connectivity index (χ2v) is 6.97. The molecule has 0 aliphatic heterocycles. The lowest BCUT2D eigenvalue weighted by molar-refractivity contribution is 0.255. The van der Waals surface area contributed by atoms with E-state index in [9.17, 15) is 4.39 Å². The van der Waals surface area contributed by atoms with Gasteiger partial charge in [-0.15, -0.1) is 0 Å². The molecule has 2 fully saturated rings. The molecule has 18 heavy (non-hydrogen) atoms. The van der Waals surface area contributed by atoms with Crippen molar-refractivity contribution in [2.75, 3.05) is 13.6 Å². The number of fused-ring (bicyclic) bond motifs is 1. The van der Waals surface area contributed by atoms with Gasteiger partial charge in [-0.3, -0.25) is 0 Å². The van der Waals surface area contributed by atoms with Crippen molar-refractivity contribution in [3.63, 3.8) is 0 Å². The molecule has 0 aromatic heterocycles. The van der Waals surface area contributed by atoms with E-state index in [0.29, 0.717) is 9.89 Å². The smallest absolute Gasteiger partial charge is 0.137 e. The van der Waals surface area contributed by atoms with E-state index in [4.69, 9.17) is 0 Å². The van der Waals surface area contributed by atoms with E-state index in [1.54, 1.807) is 6.07 Å². The molecular weight excluding hydrogens is 293 g/mol. The first-order chi connectivity index (χ1) is 8.62. The maximum absolute atomic E-state index is 13.3. The lowest BCUT2D eigenvalue weighted by Crippen LogP contribution is -2.33. The summed E-state index contributed by atoms with van der Waals surface area (Å²) < 4.78 is 13.9. The van der Waals surface area contributed by atoms with Gasteiger partial charge < -0.3 is 5.32 Å². The number of hydrogen-bond acceptors (Lipinski definition) is 1. The van der Waals surface area contributed by atoms with Crippen molar-refractivity contribution in [3.05, 3.63) is 34.1 Å². The first kappa shape index (κ1) is 12.6. The number of benzene rings is 1. The molecule has 3 heteroatoms. The minimum atomic E-state index is -0.171. The molecule has 2 saturated carbocycles. The Kier molecular flexibility index (Phi) is 3.23. The highest BCUT2D eigenvalue weighted by atomic mass is 79.9. The van der Waals surface area contributed by atoms with Crippen LogP contribution in [-0.4, -0.2) is 13.6 Å². The summed E-state index contributed by atoms with van der Waals surface area (Å²) in [7, 11) is 2.03. The third-order valence-corrected chi connectivity index (χ3v) is 5.18. The molecule has 0 bridgehead atoms. The van der Waals surface area contributed by atoms with Crippen LogP contribution in [0, 0.1) is 23.1 Å². The van der Waals surface area contributed by atoms with Crippen LogP contribution in [0.15, 0.2) is 22.7 Å². The van der Waals surface area contributed by atoms with Crippen molar-refractivity contribution in [1.29, 1.82) is 0 Å². The lowest BCUT2D eigenvalue weighted by Gasteiger charge is -2.31. The summed E-state index contributed by atoms with van der Waals surface area (Å²) in [6.45, 7) is 1.08. The Hall–Kier alpha value is -0.410. The summed E-state index contributed by atoms with van der Waals surface area (Å²) in [5.41, 5.74) is 1.65.